The van der Waals surface area contributed by atoms with Crippen molar-refractivity contribution in [2.45, 2.75) is 0 Å². The van der Waals surface area contributed by atoms with Crippen LogP contribution >= 0.6 is 0 Å². The first kappa shape index (κ1) is 10.8. The summed E-state index contributed by atoms with van der Waals surface area (Å²) in [6, 6.07) is 2.30. The molecule has 0 radical (unpaired) electrons. The molecule has 4 N–H and O–H groups in total. The van der Waals surface area contributed by atoms with E-state index < -0.39 is 11.9 Å². The Kier molecular flexibility index (Phi) is 2.75. The molecule has 0 aliphatic carbocycles. The van der Waals surface area contributed by atoms with E-state index >= 15 is 0 Å². The lowest BCUT2D eigenvalue weighted by Crippen LogP contribution is -2.07. The standard InChI is InChI=1S/C10H9NO4/c1-2-5-3-7(10(14)15)8(11)4-6(5)9(12)13/h2-4H,1,11H2,(H,12,13)(H,14,15). The Hall–Kier alpha value is -2.30. The van der Waals surface area contributed by atoms with Gasteiger partial charge in [-0.2, -0.15) is 0 Å². The van der Waals surface area contributed by atoms with Gasteiger partial charge in [0, 0.05) is 5.69 Å². The Morgan fingerprint density at radius 3 is 2.13 bits per heavy atom. The lowest BCUT2D eigenvalue weighted by Gasteiger charge is -2.06. The molecule has 0 saturated carbocycles. The van der Waals surface area contributed by atoms with E-state index in [1.54, 1.807) is 0 Å². The average molecular weight is 207 g/mol. The van der Waals surface area contributed by atoms with Gasteiger partial charge in [-0.25, -0.2) is 9.59 Å². The van der Waals surface area contributed by atoms with E-state index in [9.17, 15) is 9.59 Å². The smallest absolute Gasteiger partial charge is 0.337 e. The number of anilines is 1. The summed E-state index contributed by atoms with van der Waals surface area (Å²) in [5, 5.41) is 17.6. The lowest BCUT2D eigenvalue weighted by molar-refractivity contribution is 0.0682. The zero-order valence-electron chi connectivity index (χ0n) is 7.73. The van der Waals surface area contributed by atoms with Crippen LogP contribution in [0, 0.1) is 0 Å². The van der Waals surface area contributed by atoms with Crippen LogP contribution in [0.2, 0.25) is 0 Å². The summed E-state index contributed by atoms with van der Waals surface area (Å²) in [4.78, 5) is 21.5. The third-order valence-electron chi connectivity index (χ3n) is 1.90. The molecule has 1 aromatic rings. The van der Waals surface area contributed by atoms with Crippen molar-refractivity contribution in [2.75, 3.05) is 5.73 Å². The summed E-state index contributed by atoms with van der Waals surface area (Å²) < 4.78 is 0. The minimum atomic E-state index is -1.20. The van der Waals surface area contributed by atoms with Gasteiger partial charge in [0.2, 0.25) is 0 Å². The molecular weight excluding hydrogens is 198 g/mol. The monoisotopic (exact) mass is 207 g/mol. The van der Waals surface area contributed by atoms with Crippen molar-refractivity contribution >= 4 is 23.7 Å². The number of aromatic carboxylic acids is 2. The van der Waals surface area contributed by atoms with Gasteiger partial charge in [-0.15, -0.1) is 0 Å². The van der Waals surface area contributed by atoms with E-state index in [0.717, 1.165) is 6.07 Å². The van der Waals surface area contributed by atoms with Crippen molar-refractivity contribution in [2.24, 2.45) is 0 Å². The van der Waals surface area contributed by atoms with Crippen LogP contribution in [-0.4, -0.2) is 22.2 Å². The molecule has 5 nitrogen and oxygen atoms in total. The zero-order valence-corrected chi connectivity index (χ0v) is 7.73. The van der Waals surface area contributed by atoms with Gasteiger partial charge in [-0.3, -0.25) is 0 Å². The van der Waals surface area contributed by atoms with Crippen LogP contribution in [0.1, 0.15) is 26.3 Å². The summed E-state index contributed by atoms with van der Waals surface area (Å²) in [5.74, 6) is -2.37. The minimum absolute atomic E-state index is 0.0625. The van der Waals surface area contributed by atoms with E-state index in [4.69, 9.17) is 15.9 Å². The summed E-state index contributed by atoms with van der Waals surface area (Å²) in [6.45, 7) is 3.41. The highest BCUT2D eigenvalue weighted by Gasteiger charge is 2.15. The second kappa shape index (κ2) is 3.83. The summed E-state index contributed by atoms with van der Waals surface area (Å²) in [7, 11) is 0. The van der Waals surface area contributed by atoms with E-state index in [1.165, 1.54) is 12.1 Å². The number of carbonyl (C=O) groups is 2. The molecule has 0 atom stereocenters. The van der Waals surface area contributed by atoms with Crippen LogP contribution in [0.5, 0.6) is 0 Å². The first-order chi connectivity index (χ1) is 6.97. The Labute approximate surface area is 85.5 Å². The zero-order chi connectivity index (χ0) is 11.6. The Morgan fingerprint density at radius 1 is 1.20 bits per heavy atom. The van der Waals surface area contributed by atoms with Crippen LogP contribution in [0.4, 0.5) is 5.69 Å². The van der Waals surface area contributed by atoms with Crippen LogP contribution in [-0.2, 0) is 0 Å². The molecule has 1 aromatic carbocycles. The van der Waals surface area contributed by atoms with Crippen molar-refractivity contribution in [3.8, 4) is 0 Å². The third-order valence-corrected chi connectivity index (χ3v) is 1.90. The predicted molar refractivity (Wildman–Crippen MR) is 54.9 cm³/mol. The quantitative estimate of drug-likeness (QED) is 0.648. The van der Waals surface area contributed by atoms with E-state index in [-0.39, 0.29) is 22.4 Å². The normalized spacial score (nSPS) is 9.60. The Morgan fingerprint density at radius 2 is 1.73 bits per heavy atom. The number of nitrogen functional groups attached to an aromatic ring is 1. The summed E-state index contributed by atoms with van der Waals surface area (Å²) >= 11 is 0. The number of rotatable bonds is 3. The number of benzene rings is 1. The number of hydrogen-bond acceptors (Lipinski definition) is 3. The SMILES string of the molecule is C=Cc1cc(C(=O)O)c(N)cc1C(=O)O. The predicted octanol–water partition coefficient (Wildman–Crippen LogP) is 1.31. The molecule has 1 rings (SSSR count). The molecule has 0 spiro atoms. The highest BCUT2D eigenvalue weighted by molar-refractivity contribution is 5.99. The fourth-order valence-corrected chi connectivity index (χ4v) is 1.17. The maximum absolute atomic E-state index is 10.8. The van der Waals surface area contributed by atoms with Gasteiger partial charge < -0.3 is 15.9 Å². The highest BCUT2D eigenvalue weighted by Crippen LogP contribution is 2.20. The average Bonchev–Trinajstić information content (AvgIpc) is 2.16. The molecule has 0 aromatic heterocycles. The molecular formula is C10H9NO4. The fraction of sp³-hybridized carbons (Fsp3) is 0. The second-order valence-corrected chi connectivity index (χ2v) is 2.84. The van der Waals surface area contributed by atoms with Crippen LogP contribution in [0.25, 0.3) is 6.08 Å². The van der Waals surface area contributed by atoms with E-state index in [0.29, 0.717) is 0 Å². The third kappa shape index (κ3) is 1.96. The van der Waals surface area contributed by atoms with Crippen molar-refractivity contribution in [1.82, 2.24) is 0 Å². The number of hydrogen-bond donors (Lipinski definition) is 3. The van der Waals surface area contributed by atoms with Crippen molar-refractivity contribution in [3.05, 3.63) is 35.4 Å². The van der Waals surface area contributed by atoms with Gasteiger partial charge in [-0.05, 0) is 17.7 Å². The number of nitrogens with two attached hydrogens (primary N) is 1. The summed E-state index contributed by atoms with van der Waals surface area (Å²) in [6.07, 6.45) is 1.27. The van der Waals surface area contributed by atoms with Crippen molar-refractivity contribution < 1.29 is 19.8 Å². The minimum Gasteiger partial charge on any atom is -0.478 e. The Balaban J connectivity index is 3.48. The largest absolute Gasteiger partial charge is 0.478 e. The van der Waals surface area contributed by atoms with Gasteiger partial charge in [0.25, 0.3) is 0 Å². The lowest BCUT2D eigenvalue weighted by atomic mass is 10.0. The topological polar surface area (TPSA) is 101 Å². The molecule has 78 valence electrons. The molecule has 0 fully saturated rings. The van der Waals surface area contributed by atoms with Gasteiger partial charge in [0.05, 0.1) is 11.1 Å². The van der Waals surface area contributed by atoms with Crippen LogP contribution < -0.4 is 5.73 Å². The molecule has 0 aliphatic heterocycles. The molecule has 15 heavy (non-hydrogen) atoms. The van der Waals surface area contributed by atoms with Crippen LogP contribution in [0.3, 0.4) is 0 Å². The molecule has 5 heteroatoms. The van der Waals surface area contributed by atoms with E-state index in [1.807, 2.05) is 0 Å². The maximum Gasteiger partial charge on any atom is 0.337 e. The van der Waals surface area contributed by atoms with Gasteiger partial charge >= 0.3 is 11.9 Å². The fourth-order valence-electron chi connectivity index (χ4n) is 1.17. The highest BCUT2D eigenvalue weighted by atomic mass is 16.4. The second-order valence-electron chi connectivity index (χ2n) is 2.84. The molecule has 0 bridgehead atoms. The van der Waals surface area contributed by atoms with Crippen LogP contribution in [0.15, 0.2) is 18.7 Å². The molecule has 0 unspecified atom stereocenters. The van der Waals surface area contributed by atoms with E-state index in [2.05, 4.69) is 6.58 Å². The first-order valence-corrected chi connectivity index (χ1v) is 4.00. The summed E-state index contributed by atoms with van der Waals surface area (Å²) in [5.41, 5.74) is 5.37. The van der Waals surface area contributed by atoms with Crippen molar-refractivity contribution in [3.63, 3.8) is 0 Å². The molecule has 0 aliphatic rings. The maximum atomic E-state index is 10.8. The molecule has 0 heterocycles. The number of carboxylic acids is 2. The Bertz CT molecular complexity index is 451. The van der Waals surface area contributed by atoms with Crippen molar-refractivity contribution in [1.29, 1.82) is 0 Å². The first-order valence-electron chi connectivity index (χ1n) is 4.00. The van der Waals surface area contributed by atoms with Gasteiger partial charge in [-0.1, -0.05) is 12.7 Å². The van der Waals surface area contributed by atoms with Gasteiger partial charge in [0.1, 0.15) is 0 Å². The molecule has 0 saturated heterocycles. The van der Waals surface area contributed by atoms with Gasteiger partial charge in [0.15, 0.2) is 0 Å². The number of carboxylic acid groups (broad SMARTS) is 2. The molecule has 0 amide bonds.